The first-order valence-corrected chi connectivity index (χ1v) is 6.52. The monoisotopic (exact) mass is 269 g/mol. The van der Waals surface area contributed by atoms with Crippen LogP contribution in [0.15, 0.2) is 30.6 Å². The van der Waals surface area contributed by atoms with Crippen molar-refractivity contribution in [3.05, 3.63) is 53.0 Å². The van der Waals surface area contributed by atoms with E-state index >= 15 is 0 Å². The molecule has 0 bridgehead atoms. The first-order valence-electron chi connectivity index (χ1n) is 6.52. The highest BCUT2D eigenvalue weighted by molar-refractivity contribution is 5.88. The van der Waals surface area contributed by atoms with E-state index in [-0.39, 0.29) is 0 Å². The standard InChI is InChI=1S/C15H15N3O2/c1-10-6-14(17-9-16-10)18-5-4-11-2-3-12(15(19)20)7-13(11)8-18/h2-3,6-7,9H,4-5,8H2,1H3,(H,19,20). The molecule has 1 N–H and O–H groups in total. The summed E-state index contributed by atoms with van der Waals surface area (Å²) in [5.74, 6) is 0.00619. The predicted octanol–water partition coefficient (Wildman–Crippen LogP) is 2.05. The lowest BCUT2D eigenvalue weighted by Crippen LogP contribution is -2.31. The molecule has 5 heteroatoms. The molecule has 2 heterocycles. The fraction of sp³-hybridized carbons (Fsp3) is 0.267. The smallest absolute Gasteiger partial charge is 0.335 e. The van der Waals surface area contributed by atoms with E-state index in [2.05, 4.69) is 14.9 Å². The zero-order valence-electron chi connectivity index (χ0n) is 11.2. The molecular formula is C15H15N3O2. The average molecular weight is 269 g/mol. The summed E-state index contributed by atoms with van der Waals surface area (Å²) in [5.41, 5.74) is 3.55. The van der Waals surface area contributed by atoms with Gasteiger partial charge in [-0.2, -0.15) is 0 Å². The number of nitrogens with zero attached hydrogens (tertiary/aromatic N) is 3. The van der Waals surface area contributed by atoms with Gasteiger partial charge in [-0.15, -0.1) is 0 Å². The van der Waals surface area contributed by atoms with E-state index in [1.54, 1.807) is 18.5 Å². The van der Waals surface area contributed by atoms with Crippen LogP contribution in [0.2, 0.25) is 0 Å². The zero-order chi connectivity index (χ0) is 14.1. The van der Waals surface area contributed by atoms with Crippen LogP contribution < -0.4 is 4.90 Å². The molecule has 1 aromatic heterocycles. The van der Waals surface area contributed by atoms with Crippen molar-refractivity contribution in [1.29, 1.82) is 0 Å². The second-order valence-electron chi connectivity index (χ2n) is 4.98. The van der Waals surface area contributed by atoms with Crippen molar-refractivity contribution >= 4 is 11.8 Å². The molecule has 0 radical (unpaired) electrons. The van der Waals surface area contributed by atoms with E-state index in [9.17, 15) is 4.79 Å². The Bertz CT molecular complexity index is 670. The van der Waals surface area contributed by atoms with Crippen LogP contribution in [-0.2, 0) is 13.0 Å². The molecule has 1 aromatic carbocycles. The second-order valence-corrected chi connectivity index (χ2v) is 4.98. The van der Waals surface area contributed by atoms with Gasteiger partial charge in [0.25, 0.3) is 0 Å². The summed E-state index contributed by atoms with van der Waals surface area (Å²) in [6, 6.07) is 7.30. The third-order valence-corrected chi connectivity index (χ3v) is 3.58. The summed E-state index contributed by atoms with van der Waals surface area (Å²) in [7, 11) is 0. The summed E-state index contributed by atoms with van der Waals surface area (Å²) in [5, 5.41) is 9.07. The van der Waals surface area contributed by atoms with Gasteiger partial charge in [-0.3, -0.25) is 0 Å². The number of aromatic carboxylic acids is 1. The van der Waals surface area contributed by atoms with Crippen molar-refractivity contribution in [1.82, 2.24) is 9.97 Å². The van der Waals surface area contributed by atoms with Gasteiger partial charge in [0.05, 0.1) is 5.56 Å². The van der Waals surface area contributed by atoms with E-state index in [4.69, 9.17) is 5.11 Å². The zero-order valence-corrected chi connectivity index (χ0v) is 11.2. The van der Waals surface area contributed by atoms with E-state index < -0.39 is 5.97 Å². The minimum Gasteiger partial charge on any atom is -0.478 e. The number of rotatable bonds is 2. The molecule has 0 fully saturated rings. The molecular weight excluding hydrogens is 254 g/mol. The lowest BCUT2D eigenvalue weighted by Gasteiger charge is -2.30. The lowest BCUT2D eigenvalue weighted by atomic mass is 9.97. The number of carbonyl (C=O) groups is 1. The van der Waals surface area contributed by atoms with E-state index in [1.807, 2.05) is 19.1 Å². The van der Waals surface area contributed by atoms with Crippen LogP contribution in [0.25, 0.3) is 0 Å². The molecule has 0 atom stereocenters. The normalized spacial score (nSPS) is 13.9. The van der Waals surface area contributed by atoms with Gasteiger partial charge in [0.1, 0.15) is 12.1 Å². The minimum atomic E-state index is -0.886. The van der Waals surface area contributed by atoms with E-state index in [0.29, 0.717) is 12.1 Å². The van der Waals surface area contributed by atoms with Gasteiger partial charge in [-0.05, 0) is 36.6 Å². The predicted molar refractivity (Wildman–Crippen MR) is 74.9 cm³/mol. The Morgan fingerprint density at radius 2 is 2.10 bits per heavy atom. The highest BCUT2D eigenvalue weighted by atomic mass is 16.4. The maximum Gasteiger partial charge on any atom is 0.335 e. The maximum atomic E-state index is 11.0. The van der Waals surface area contributed by atoms with Crippen LogP contribution in [0, 0.1) is 6.92 Å². The summed E-state index contributed by atoms with van der Waals surface area (Å²) in [6.07, 6.45) is 2.46. The number of hydrogen-bond donors (Lipinski definition) is 1. The lowest BCUT2D eigenvalue weighted by molar-refractivity contribution is 0.0696. The third kappa shape index (κ3) is 2.34. The molecule has 3 rings (SSSR count). The molecule has 20 heavy (non-hydrogen) atoms. The number of anilines is 1. The van der Waals surface area contributed by atoms with Gasteiger partial charge < -0.3 is 10.0 Å². The average Bonchev–Trinajstić information content (AvgIpc) is 2.46. The Hall–Kier alpha value is -2.43. The summed E-state index contributed by atoms with van der Waals surface area (Å²) in [4.78, 5) is 21.6. The van der Waals surface area contributed by atoms with Gasteiger partial charge in [0.2, 0.25) is 0 Å². The minimum absolute atomic E-state index is 0.337. The number of hydrogen-bond acceptors (Lipinski definition) is 4. The van der Waals surface area contributed by atoms with Crippen LogP contribution >= 0.6 is 0 Å². The Morgan fingerprint density at radius 3 is 2.85 bits per heavy atom. The summed E-state index contributed by atoms with van der Waals surface area (Å²) >= 11 is 0. The molecule has 0 spiro atoms. The Labute approximate surface area is 116 Å². The molecule has 1 aliphatic rings. The largest absolute Gasteiger partial charge is 0.478 e. The summed E-state index contributed by atoms with van der Waals surface area (Å²) < 4.78 is 0. The van der Waals surface area contributed by atoms with Crippen molar-refractivity contribution in [2.75, 3.05) is 11.4 Å². The summed E-state index contributed by atoms with van der Waals surface area (Å²) in [6.45, 7) is 3.51. The molecule has 1 aliphatic heterocycles. The van der Waals surface area contributed by atoms with Crippen LogP contribution in [-0.4, -0.2) is 27.6 Å². The second kappa shape index (κ2) is 4.92. The van der Waals surface area contributed by atoms with Gasteiger partial charge in [-0.1, -0.05) is 6.07 Å². The molecule has 0 saturated carbocycles. The molecule has 0 amide bonds. The van der Waals surface area contributed by atoms with Crippen molar-refractivity contribution in [2.45, 2.75) is 19.9 Å². The van der Waals surface area contributed by atoms with Crippen LogP contribution in [0.5, 0.6) is 0 Å². The van der Waals surface area contributed by atoms with Crippen molar-refractivity contribution in [2.24, 2.45) is 0 Å². The van der Waals surface area contributed by atoms with Crippen molar-refractivity contribution in [3.63, 3.8) is 0 Å². The van der Waals surface area contributed by atoms with E-state index in [1.165, 1.54) is 5.56 Å². The van der Waals surface area contributed by atoms with Crippen LogP contribution in [0.3, 0.4) is 0 Å². The highest BCUT2D eigenvalue weighted by Crippen LogP contribution is 2.24. The fourth-order valence-corrected chi connectivity index (χ4v) is 2.50. The van der Waals surface area contributed by atoms with Crippen LogP contribution in [0.1, 0.15) is 27.2 Å². The number of aromatic nitrogens is 2. The van der Waals surface area contributed by atoms with Crippen LogP contribution in [0.4, 0.5) is 5.82 Å². The Kier molecular flexibility index (Phi) is 3.10. The molecule has 2 aromatic rings. The first kappa shape index (κ1) is 12.6. The van der Waals surface area contributed by atoms with Gasteiger partial charge in [0, 0.05) is 24.8 Å². The van der Waals surface area contributed by atoms with E-state index in [0.717, 1.165) is 30.0 Å². The van der Waals surface area contributed by atoms with Gasteiger partial charge >= 0.3 is 5.97 Å². The van der Waals surface area contributed by atoms with Crippen molar-refractivity contribution in [3.8, 4) is 0 Å². The maximum absolute atomic E-state index is 11.0. The Morgan fingerprint density at radius 1 is 1.25 bits per heavy atom. The highest BCUT2D eigenvalue weighted by Gasteiger charge is 2.19. The quantitative estimate of drug-likeness (QED) is 0.903. The fourth-order valence-electron chi connectivity index (χ4n) is 2.50. The number of benzene rings is 1. The van der Waals surface area contributed by atoms with Gasteiger partial charge in [-0.25, -0.2) is 14.8 Å². The molecule has 0 saturated heterocycles. The topological polar surface area (TPSA) is 66.3 Å². The number of fused-ring (bicyclic) bond motifs is 1. The molecule has 0 aliphatic carbocycles. The number of carboxylic acid groups (broad SMARTS) is 1. The molecule has 5 nitrogen and oxygen atoms in total. The Balaban J connectivity index is 1.91. The number of carboxylic acids is 1. The molecule has 0 unspecified atom stereocenters. The third-order valence-electron chi connectivity index (χ3n) is 3.58. The van der Waals surface area contributed by atoms with Crippen molar-refractivity contribution < 1.29 is 9.90 Å². The van der Waals surface area contributed by atoms with Gasteiger partial charge in [0.15, 0.2) is 0 Å². The molecule has 102 valence electrons. The number of aryl methyl sites for hydroxylation is 1. The first-order chi connectivity index (χ1) is 9.63. The SMILES string of the molecule is Cc1cc(N2CCc3ccc(C(=O)O)cc3C2)ncn1.